The smallest absolute Gasteiger partial charge is 0.320 e. The molecule has 0 unspecified atom stereocenters. The lowest BCUT2D eigenvalue weighted by molar-refractivity contribution is -0.144. The standard InChI is InChI=1S/C21H25ClN2O3/c1-2-27-21(26)16-24(14-18-6-4-3-5-7-18)15-20(25)23-13-12-17-8-10-19(22)11-9-17/h3-11H,2,12-16H2,1H3,(H,23,25). The van der Waals surface area contributed by atoms with Crippen molar-refractivity contribution in [3.63, 3.8) is 0 Å². The Bertz CT molecular complexity index is 720. The molecule has 1 amide bonds. The van der Waals surface area contributed by atoms with Crippen LogP contribution in [0, 0.1) is 0 Å². The second-order valence-electron chi connectivity index (χ2n) is 6.16. The van der Waals surface area contributed by atoms with Gasteiger partial charge in [-0.25, -0.2) is 0 Å². The van der Waals surface area contributed by atoms with E-state index in [1.54, 1.807) is 11.8 Å². The van der Waals surface area contributed by atoms with Crippen molar-refractivity contribution >= 4 is 23.5 Å². The van der Waals surface area contributed by atoms with Gasteiger partial charge in [0.25, 0.3) is 0 Å². The molecule has 0 aliphatic heterocycles. The average Bonchev–Trinajstić information content (AvgIpc) is 2.64. The van der Waals surface area contributed by atoms with E-state index >= 15 is 0 Å². The van der Waals surface area contributed by atoms with Gasteiger partial charge in [0.1, 0.15) is 0 Å². The largest absolute Gasteiger partial charge is 0.465 e. The Balaban J connectivity index is 1.85. The number of benzene rings is 2. The first kappa shape index (κ1) is 20.9. The van der Waals surface area contributed by atoms with Crippen molar-refractivity contribution < 1.29 is 14.3 Å². The van der Waals surface area contributed by atoms with Gasteiger partial charge in [-0.3, -0.25) is 14.5 Å². The maximum atomic E-state index is 12.3. The number of rotatable bonds is 10. The Morgan fingerprint density at radius 2 is 1.70 bits per heavy atom. The Kier molecular flexibility index (Phi) is 8.81. The molecule has 0 saturated heterocycles. The molecule has 1 N–H and O–H groups in total. The van der Waals surface area contributed by atoms with E-state index in [-0.39, 0.29) is 25.0 Å². The van der Waals surface area contributed by atoms with Crippen LogP contribution in [0.3, 0.4) is 0 Å². The third-order valence-electron chi connectivity index (χ3n) is 3.92. The summed E-state index contributed by atoms with van der Waals surface area (Å²) in [5.41, 5.74) is 2.14. The van der Waals surface area contributed by atoms with Crippen molar-refractivity contribution in [1.82, 2.24) is 10.2 Å². The summed E-state index contributed by atoms with van der Waals surface area (Å²) >= 11 is 5.87. The molecule has 0 aromatic heterocycles. The monoisotopic (exact) mass is 388 g/mol. The van der Waals surface area contributed by atoms with Gasteiger partial charge in [0.15, 0.2) is 0 Å². The number of nitrogens with one attached hydrogen (secondary N) is 1. The molecule has 2 aromatic rings. The zero-order valence-electron chi connectivity index (χ0n) is 15.5. The van der Waals surface area contributed by atoms with E-state index in [2.05, 4.69) is 5.32 Å². The quantitative estimate of drug-likeness (QED) is 0.635. The molecule has 0 aliphatic carbocycles. The van der Waals surface area contributed by atoms with Gasteiger partial charge in [0.2, 0.25) is 5.91 Å². The molecule has 0 aliphatic rings. The summed E-state index contributed by atoms with van der Waals surface area (Å²) in [6, 6.07) is 17.3. The number of carbonyl (C=O) groups is 2. The normalized spacial score (nSPS) is 10.6. The number of esters is 1. The highest BCUT2D eigenvalue weighted by atomic mass is 35.5. The van der Waals surface area contributed by atoms with Crippen LogP contribution in [0.2, 0.25) is 5.02 Å². The van der Waals surface area contributed by atoms with E-state index in [0.29, 0.717) is 24.7 Å². The summed E-state index contributed by atoms with van der Waals surface area (Å²) in [5, 5.41) is 3.59. The topological polar surface area (TPSA) is 58.6 Å². The zero-order chi connectivity index (χ0) is 19.5. The lowest BCUT2D eigenvalue weighted by atomic mass is 10.1. The van der Waals surface area contributed by atoms with Crippen LogP contribution in [0.1, 0.15) is 18.1 Å². The molecule has 0 spiro atoms. The average molecular weight is 389 g/mol. The van der Waals surface area contributed by atoms with Crippen molar-refractivity contribution in [2.24, 2.45) is 0 Å². The predicted octanol–water partition coefficient (Wildman–Crippen LogP) is 3.06. The third-order valence-corrected chi connectivity index (χ3v) is 4.18. The van der Waals surface area contributed by atoms with Gasteiger partial charge < -0.3 is 10.1 Å². The molecule has 0 heterocycles. The van der Waals surface area contributed by atoms with Crippen molar-refractivity contribution in [3.8, 4) is 0 Å². The molecule has 2 aromatic carbocycles. The summed E-state index contributed by atoms with van der Waals surface area (Å²) in [6.45, 7) is 3.33. The number of halogens is 1. The minimum atomic E-state index is -0.331. The first-order chi connectivity index (χ1) is 13.1. The minimum Gasteiger partial charge on any atom is -0.465 e. The Morgan fingerprint density at radius 1 is 1.00 bits per heavy atom. The fourth-order valence-corrected chi connectivity index (χ4v) is 2.78. The van der Waals surface area contributed by atoms with Crippen LogP contribution in [0.25, 0.3) is 0 Å². The van der Waals surface area contributed by atoms with Crippen LogP contribution in [-0.4, -0.2) is 43.0 Å². The van der Waals surface area contributed by atoms with Crippen LogP contribution in [0.15, 0.2) is 54.6 Å². The predicted molar refractivity (Wildman–Crippen MR) is 107 cm³/mol. The van der Waals surface area contributed by atoms with E-state index in [9.17, 15) is 9.59 Å². The lowest BCUT2D eigenvalue weighted by Gasteiger charge is -2.21. The fourth-order valence-electron chi connectivity index (χ4n) is 2.65. The highest BCUT2D eigenvalue weighted by Crippen LogP contribution is 2.09. The zero-order valence-corrected chi connectivity index (χ0v) is 16.2. The van der Waals surface area contributed by atoms with E-state index < -0.39 is 0 Å². The van der Waals surface area contributed by atoms with Crippen LogP contribution >= 0.6 is 11.6 Å². The van der Waals surface area contributed by atoms with E-state index in [4.69, 9.17) is 16.3 Å². The fraction of sp³-hybridized carbons (Fsp3) is 0.333. The third kappa shape index (κ3) is 8.24. The maximum absolute atomic E-state index is 12.3. The molecule has 0 atom stereocenters. The lowest BCUT2D eigenvalue weighted by Crippen LogP contribution is -2.40. The number of ether oxygens (including phenoxy) is 1. The summed E-state index contributed by atoms with van der Waals surface area (Å²) in [6.07, 6.45) is 0.722. The number of nitrogens with zero attached hydrogens (tertiary/aromatic N) is 1. The van der Waals surface area contributed by atoms with Crippen LogP contribution < -0.4 is 5.32 Å². The Morgan fingerprint density at radius 3 is 2.37 bits per heavy atom. The first-order valence-corrected chi connectivity index (χ1v) is 9.37. The van der Waals surface area contributed by atoms with Gasteiger partial charge in [-0.1, -0.05) is 54.1 Å². The number of hydrogen-bond donors (Lipinski definition) is 1. The molecule has 0 saturated carbocycles. The van der Waals surface area contributed by atoms with Crippen LogP contribution in [-0.2, 0) is 27.3 Å². The second-order valence-corrected chi connectivity index (χ2v) is 6.60. The summed E-state index contributed by atoms with van der Waals surface area (Å²) in [4.78, 5) is 25.9. The van der Waals surface area contributed by atoms with Crippen LogP contribution in [0.5, 0.6) is 0 Å². The molecule has 5 nitrogen and oxygen atoms in total. The SMILES string of the molecule is CCOC(=O)CN(CC(=O)NCCc1ccc(Cl)cc1)Cc1ccccc1. The van der Waals surface area contributed by atoms with Gasteiger partial charge >= 0.3 is 5.97 Å². The maximum Gasteiger partial charge on any atom is 0.320 e. The van der Waals surface area contributed by atoms with Gasteiger partial charge in [0, 0.05) is 18.1 Å². The molecule has 27 heavy (non-hydrogen) atoms. The summed E-state index contributed by atoms with van der Waals surface area (Å²) in [5.74, 6) is -0.452. The molecule has 6 heteroatoms. The van der Waals surface area contributed by atoms with E-state index in [1.807, 2.05) is 54.6 Å². The summed E-state index contributed by atoms with van der Waals surface area (Å²) in [7, 11) is 0. The Hall–Kier alpha value is -2.37. The summed E-state index contributed by atoms with van der Waals surface area (Å²) < 4.78 is 5.02. The van der Waals surface area contributed by atoms with E-state index in [0.717, 1.165) is 17.5 Å². The molecular weight excluding hydrogens is 364 g/mol. The molecule has 0 bridgehead atoms. The molecule has 2 rings (SSSR count). The molecule has 0 fully saturated rings. The van der Waals surface area contributed by atoms with Gasteiger partial charge in [0.05, 0.1) is 19.7 Å². The first-order valence-electron chi connectivity index (χ1n) is 9.00. The van der Waals surface area contributed by atoms with Gasteiger partial charge in [-0.2, -0.15) is 0 Å². The molecular formula is C21H25ClN2O3. The minimum absolute atomic E-state index is 0.0767. The van der Waals surface area contributed by atoms with Crippen LogP contribution in [0.4, 0.5) is 0 Å². The number of amides is 1. The van der Waals surface area contributed by atoms with Crippen molar-refractivity contribution in [2.45, 2.75) is 19.9 Å². The van der Waals surface area contributed by atoms with E-state index in [1.165, 1.54) is 0 Å². The highest BCUT2D eigenvalue weighted by molar-refractivity contribution is 6.30. The van der Waals surface area contributed by atoms with Crippen molar-refractivity contribution in [1.29, 1.82) is 0 Å². The molecule has 144 valence electrons. The van der Waals surface area contributed by atoms with Gasteiger partial charge in [-0.05, 0) is 36.6 Å². The molecule has 0 radical (unpaired) electrons. The second kappa shape index (κ2) is 11.4. The van der Waals surface area contributed by atoms with Crippen molar-refractivity contribution in [2.75, 3.05) is 26.2 Å². The number of carbonyl (C=O) groups excluding carboxylic acids is 2. The number of hydrogen-bond acceptors (Lipinski definition) is 4. The van der Waals surface area contributed by atoms with Crippen molar-refractivity contribution in [3.05, 3.63) is 70.7 Å². The van der Waals surface area contributed by atoms with Gasteiger partial charge in [-0.15, -0.1) is 0 Å². The Labute approximate surface area is 165 Å². The highest BCUT2D eigenvalue weighted by Gasteiger charge is 2.15.